The van der Waals surface area contributed by atoms with E-state index in [1.807, 2.05) is 26.0 Å². The molecule has 0 aliphatic rings. The van der Waals surface area contributed by atoms with E-state index < -0.39 is 5.41 Å². The quantitative estimate of drug-likeness (QED) is 0.869. The Balaban J connectivity index is 2.79. The molecule has 0 radical (unpaired) electrons. The fourth-order valence-corrected chi connectivity index (χ4v) is 1.63. The molecular weight excluding hydrogens is 280 g/mol. The number of nitrogens with one attached hydrogen (secondary N) is 1. The summed E-state index contributed by atoms with van der Waals surface area (Å²) in [6.07, 6.45) is 1.74. The first-order valence-electron chi connectivity index (χ1n) is 5.74. The van der Waals surface area contributed by atoms with E-state index in [1.165, 1.54) is 0 Å². The predicted molar refractivity (Wildman–Crippen MR) is 72.8 cm³/mol. The molecule has 0 aromatic carbocycles. The Bertz CT molecular complexity index is 385. The second kappa shape index (κ2) is 5.63. The van der Waals surface area contributed by atoms with Gasteiger partial charge in [0.2, 0.25) is 5.91 Å². The van der Waals surface area contributed by atoms with E-state index in [1.54, 1.807) is 6.20 Å². The molecule has 1 amide bonds. The summed E-state index contributed by atoms with van der Waals surface area (Å²) in [6, 6.07) is 3.78. The summed E-state index contributed by atoms with van der Waals surface area (Å²) in [5.74, 6) is 0.494. The highest BCUT2D eigenvalue weighted by molar-refractivity contribution is 9.10. The zero-order chi connectivity index (χ0) is 13.1. The zero-order valence-corrected chi connectivity index (χ0v) is 12.3. The van der Waals surface area contributed by atoms with Crippen molar-refractivity contribution >= 4 is 21.8 Å². The molecular formula is C13H19BrN2O. The molecule has 0 saturated heterocycles. The highest BCUT2D eigenvalue weighted by Crippen LogP contribution is 2.23. The molecule has 4 heteroatoms. The molecule has 0 spiro atoms. The van der Waals surface area contributed by atoms with Crippen molar-refractivity contribution < 1.29 is 4.79 Å². The van der Waals surface area contributed by atoms with Crippen LogP contribution in [-0.2, 0) is 10.2 Å². The second-order valence-electron chi connectivity index (χ2n) is 5.10. The van der Waals surface area contributed by atoms with Gasteiger partial charge in [-0.3, -0.25) is 4.79 Å². The van der Waals surface area contributed by atoms with E-state index in [-0.39, 0.29) is 5.91 Å². The summed E-state index contributed by atoms with van der Waals surface area (Å²) in [7, 11) is 0. The molecule has 0 aliphatic heterocycles. The van der Waals surface area contributed by atoms with Gasteiger partial charge in [-0.25, -0.2) is 4.98 Å². The lowest BCUT2D eigenvalue weighted by atomic mass is 9.84. The molecule has 0 bridgehead atoms. The standard InChI is InChI=1S/C13H19BrN2O/c1-9(2)7-16-12(17)13(3,4)10-5-6-11(14)15-8-10/h5-6,8-9H,7H2,1-4H3,(H,16,17). The Morgan fingerprint density at radius 2 is 2.12 bits per heavy atom. The van der Waals surface area contributed by atoms with Crippen LogP contribution in [0.3, 0.4) is 0 Å². The summed E-state index contributed by atoms with van der Waals surface area (Å²) in [4.78, 5) is 16.3. The molecule has 1 N–H and O–H groups in total. The molecule has 1 heterocycles. The van der Waals surface area contributed by atoms with Gasteiger partial charge < -0.3 is 5.32 Å². The van der Waals surface area contributed by atoms with Gasteiger partial charge in [-0.15, -0.1) is 0 Å². The van der Waals surface area contributed by atoms with Crippen molar-refractivity contribution in [3.05, 3.63) is 28.5 Å². The van der Waals surface area contributed by atoms with Crippen molar-refractivity contribution in [2.45, 2.75) is 33.1 Å². The molecule has 0 unspecified atom stereocenters. The molecule has 0 fully saturated rings. The summed E-state index contributed by atoms with van der Waals surface area (Å²) < 4.78 is 0.777. The maximum atomic E-state index is 12.1. The SMILES string of the molecule is CC(C)CNC(=O)C(C)(C)c1ccc(Br)nc1. The fraction of sp³-hybridized carbons (Fsp3) is 0.538. The number of hydrogen-bond donors (Lipinski definition) is 1. The van der Waals surface area contributed by atoms with Crippen LogP contribution >= 0.6 is 15.9 Å². The average Bonchev–Trinajstić information content (AvgIpc) is 2.26. The molecule has 1 aromatic heterocycles. The first kappa shape index (κ1) is 14.2. The number of amides is 1. The number of nitrogens with zero attached hydrogens (tertiary/aromatic N) is 1. The number of aromatic nitrogens is 1. The predicted octanol–water partition coefficient (Wildman–Crippen LogP) is 2.89. The van der Waals surface area contributed by atoms with E-state index in [9.17, 15) is 4.79 Å². The molecule has 0 saturated carbocycles. The van der Waals surface area contributed by atoms with E-state index in [2.05, 4.69) is 40.1 Å². The van der Waals surface area contributed by atoms with E-state index in [4.69, 9.17) is 0 Å². The van der Waals surface area contributed by atoms with Crippen molar-refractivity contribution in [1.29, 1.82) is 0 Å². The fourth-order valence-electron chi connectivity index (χ4n) is 1.39. The lowest BCUT2D eigenvalue weighted by Gasteiger charge is -2.24. The van der Waals surface area contributed by atoms with Gasteiger partial charge >= 0.3 is 0 Å². The molecule has 0 aliphatic carbocycles. The van der Waals surface area contributed by atoms with Crippen LogP contribution in [0.25, 0.3) is 0 Å². The minimum Gasteiger partial charge on any atom is -0.355 e. The Hall–Kier alpha value is -0.900. The van der Waals surface area contributed by atoms with Crippen molar-refractivity contribution in [3.63, 3.8) is 0 Å². The van der Waals surface area contributed by atoms with Gasteiger partial charge in [-0.05, 0) is 47.3 Å². The largest absolute Gasteiger partial charge is 0.355 e. The maximum absolute atomic E-state index is 12.1. The van der Waals surface area contributed by atoms with Gasteiger partial charge in [0.05, 0.1) is 5.41 Å². The minimum absolute atomic E-state index is 0.0373. The minimum atomic E-state index is -0.553. The summed E-state index contributed by atoms with van der Waals surface area (Å²) >= 11 is 3.29. The third-order valence-electron chi connectivity index (χ3n) is 2.69. The first-order valence-corrected chi connectivity index (χ1v) is 6.53. The number of halogens is 1. The molecule has 94 valence electrons. The van der Waals surface area contributed by atoms with Crippen LogP contribution < -0.4 is 5.32 Å². The normalized spacial score (nSPS) is 11.6. The average molecular weight is 299 g/mol. The van der Waals surface area contributed by atoms with E-state index in [0.717, 1.165) is 10.2 Å². The van der Waals surface area contributed by atoms with Gasteiger partial charge in [0.15, 0.2) is 0 Å². The van der Waals surface area contributed by atoms with Crippen LogP contribution in [0.15, 0.2) is 22.9 Å². The Morgan fingerprint density at radius 3 is 2.59 bits per heavy atom. The highest BCUT2D eigenvalue weighted by Gasteiger charge is 2.29. The summed E-state index contributed by atoms with van der Waals surface area (Å²) in [5.41, 5.74) is 0.365. The van der Waals surface area contributed by atoms with Crippen molar-refractivity contribution in [3.8, 4) is 0 Å². The van der Waals surface area contributed by atoms with Gasteiger partial charge in [0, 0.05) is 12.7 Å². The van der Waals surface area contributed by atoms with Crippen LogP contribution in [0.1, 0.15) is 33.3 Å². The lowest BCUT2D eigenvalue weighted by molar-refractivity contribution is -0.125. The molecule has 1 rings (SSSR count). The Morgan fingerprint density at radius 1 is 1.47 bits per heavy atom. The lowest BCUT2D eigenvalue weighted by Crippen LogP contribution is -2.41. The summed E-state index contributed by atoms with van der Waals surface area (Å²) in [5, 5.41) is 2.96. The Kier molecular flexibility index (Phi) is 4.69. The molecule has 1 aromatic rings. The van der Waals surface area contributed by atoms with Crippen LogP contribution in [0.5, 0.6) is 0 Å². The van der Waals surface area contributed by atoms with Crippen molar-refractivity contribution in [2.24, 2.45) is 5.92 Å². The van der Waals surface area contributed by atoms with Gasteiger partial charge in [0.1, 0.15) is 4.60 Å². The van der Waals surface area contributed by atoms with Gasteiger partial charge in [0.25, 0.3) is 0 Å². The molecule has 17 heavy (non-hydrogen) atoms. The smallest absolute Gasteiger partial charge is 0.230 e. The number of carbonyl (C=O) groups excluding carboxylic acids is 1. The number of hydrogen-bond acceptors (Lipinski definition) is 2. The van der Waals surface area contributed by atoms with Crippen LogP contribution in [-0.4, -0.2) is 17.4 Å². The third kappa shape index (κ3) is 3.80. The maximum Gasteiger partial charge on any atom is 0.230 e. The number of pyridine rings is 1. The van der Waals surface area contributed by atoms with Gasteiger partial charge in [-0.1, -0.05) is 19.9 Å². The Labute approximate surface area is 111 Å². The monoisotopic (exact) mass is 298 g/mol. The van der Waals surface area contributed by atoms with Gasteiger partial charge in [-0.2, -0.15) is 0 Å². The van der Waals surface area contributed by atoms with Crippen molar-refractivity contribution in [1.82, 2.24) is 10.3 Å². The van der Waals surface area contributed by atoms with E-state index >= 15 is 0 Å². The number of rotatable bonds is 4. The first-order chi connectivity index (χ1) is 7.84. The topological polar surface area (TPSA) is 42.0 Å². The van der Waals surface area contributed by atoms with Crippen LogP contribution in [0.4, 0.5) is 0 Å². The molecule has 3 nitrogen and oxygen atoms in total. The second-order valence-corrected chi connectivity index (χ2v) is 5.91. The van der Waals surface area contributed by atoms with Crippen molar-refractivity contribution in [2.75, 3.05) is 6.54 Å². The third-order valence-corrected chi connectivity index (χ3v) is 3.16. The summed E-state index contributed by atoms with van der Waals surface area (Å²) in [6.45, 7) is 8.68. The highest BCUT2D eigenvalue weighted by atomic mass is 79.9. The zero-order valence-electron chi connectivity index (χ0n) is 10.7. The van der Waals surface area contributed by atoms with Crippen LogP contribution in [0, 0.1) is 5.92 Å². The molecule has 0 atom stereocenters. The van der Waals surface area contributed by atoms with Crippen LogP contribution in [0.2, 0.25) is 0 Å². The number of carbonyl (C=O) groups is 1. The van der Waals surface area contributed by atoms with E-state index in [0.29, 0.717) is 12.5 Å².